The van der Waals surface area contributed by atoms with E-state index in [0.717, 1.165) is 17.9 Å². The quantitative estimate of drug-likeness (QED) is 0.783. The molecule has 0 aliphatic carbocycles. The number of aromatic nitrogens is 2. The predicted molar refractivity (Wildman–Crippen MR) is 76.9 cm³/mol. The van der Waals surface area contributed by atoms with Gasteiger partial charge in [0.25, 0.3) is 0 Å². The zero-order valence-electron chi connectivity index (χ0n) is 10.7. The lowest BCUT2D eigenvalue weighted by molar-refractivity contribution is 0.637. The maximum absolute atomic E-state index is 13.7. The van der Waals surface area contributed by atoms with Gasteiger partial charge in [0.1, 0.15) is 11.3 Å². The van der Waals surface area contributed by atoms with Gasteiger partial charge in [0.2, 0.25) is 0 Å². The van der Waals surface area contributed by atoms with E-state index in [4.69, 9.17) is 11.6 Å². The van der Waals surface area contributed by atoms with E-state index in [1.165, 1.54) is 6.07 Å². The number of nitrogens with zero attached hydrogens (tertiary/aromatic N) is 2. The van der Waals surface area contributed by atoms with E-state index < -0.39 is 0 Å². The third-order valence-electron chi connectivity index (χ3n) is 2.96. The van der Waals surface area contributed by atoms with Crippen molar-refractivity contribution in [3.05, 3.63) is 29.8 Å². The molecule has 0 saturated carbocycles. The van der Waals surface area contributed by atoms with E-state index in [9.17, 15) is 4.39 Å². The van der Waals surface area contributed by atoms with Crippen LogP contribution in [0.25, 0.3) is 11.0 Å². The molecule has 1 aromatic carbocycles. The van der Waals surface area contributed by atoms with Crippen LogP contribution in [0, 0.1) is 5.82 Å². The van der Waals surface area contributed by atoms with Crippen LogP contribution in [0.5, 0.6) is 0 Å². The fraction of sp³-hybridized carbons (Fsp3) is 0.462. The van der Waals surface area contributed by atoms with Crippen LogP contribution in [0.3, 0.4) is 0 Å². The highest BCUT2D eigenvalue weighted by Gasteiger charge is 2.18. The van der Waals surface area contributed by atoms with E-state index in [0.29, 0.717) is 10.8 Å². The Morgan fingerprint density at radius 3 is 2.78 bits per heavy atom. The first kappa shape index (κ1) is 13.7. The molecule has 2 aromatic rings. The monoisotopic (exact) mass is 286 g/mol. The fourth-order valence-corrected chi connectivity index (χ4v) is 2.42. The van der Waals surface area contributed by atoms with Crippen LogP contribution < -0.4 is 0 Å². The number of imidazole rings is 1. The zero-order chi connectivity index (χ0) is 13.3. The number of alkyl halides is 1. The van der Waals surface area contributed by atoms with Gasteiger partial charge >= 0.3 is 0 Å². The van der Waals surface area contributed by atoms with Gasteiger partial charge in [-0.25, -0.2) is 9.37 Å². The molecule has 0 aliphatic rings. The first-order chi connectivity index (χ1) is 8.54. The number of thioether (sulfide) groups is 1. The maximum atomic E-state index is 13.7. The largest absolute Gasteiger partial charge is 0.326 e. The molecule has 18 heavy (non-hydrogen) atoms. The SMILES string of the molecule is CSC(C)Cn1c(C(C)Cl)nc2c(F)cccc21. The van der Waals surface area contributed by atoms with Gasteiger partial charge in [0.05, 0.1) is 10.9 Å². The van der Waals surface area contributed by atoms with Gasteiger partial charge in [-0.1, -0.05) is 13.0 Å². The summed E-state index contributed by atoms with van der Waals surface area (Å²) in [6.07, 6.45) is 2.06. The second-order valence-corrected chi connectivity index (χ2v) is 6.28. The Hall–Kier alpha value is -0.740. The molecule has 2 rings (SSSR count). The number of hydrogen-bond donors (Lipinski definition) is 0. The van der Waals surface area contributed by atoms with Gasteiger partial charge in [0.15, 0.2) is 5.82 Å². The van der Waals surface area contributed by atoms with Gasteiger partial charge in [-0.2, -0.15) is 11.8 Å². The minimum absolute atomic E-state index is 0.231. The molecule has 2 nitrogen and oxygen atoms in total. The molecule has 2 atom stereocenters. The van der Waals surface area contributed by atoms with Crippen molar-refractivity contribution in [2.24, 2.45) is 0 Å². The summed E-state index contributed by atoms with van der Waals surface area (Å²) < 4.78 is 15.8. The zero-order valence-corrected chi connectivity index (χ0v) is 12.2. The smallest absolute Gasteiger partial charge is 0.151 e. The number of rotatable bonds is 4. The van der Waals surface area contributed by atoms with E-state index in [-0.39, 0.29) is 11.2 Å². The molecule has 0 fully saturated rings. The third-order valence-corrected chi connectivity index (χ3v) is 4.11. The summed E-state index contributed by atoms with van der Waals surface area (Å²) in [5.74, 6) is 0.444. The molecule has 0 spiro atoms. The van der Waals surface area contributed by atoms with Crippen LogP contribution in [0.4, 0.5) is 4.39 Å². The molecule has 2 unspecified atom stereocenters. The average molecular weight is 287 g/mol. The Balaban J connectivity index is 2.59. The summed E-state index contributed by atoms with van der Waals surface area (Å²) in [5.41, 5.74) is 1.23. The van der Waals surface area contributed by atoms with Crippen molar-refractivity contribution in [3.8, 4) is 0 Å². The van der Waals surface area contributed by atoms with Crippen molar-refractivity contribution in [1.82, 2.24) is 9.55 Å². The summed E-state index contributed by atoms with van der Waals surface area (Å²) in [7, 11) is 0. The van der Waals surface area contributed by atoms with Gasteiger partial charge in [-0.3, -0.25) is 0 Å². The molecule has 98 valence electrons. The van der Waals surface area contributed by atoms with Gasteiger partial charge in [0, 0.05) is 11.8 Å². The second kappa shape index (κ2) is 5.49. The molecule has 0 bridgehead atoms. The Kier molecular flexibility index (Phi) is 4.17. The van der Waals surface area contributed by atoms with Crippen LogP contribution in [-0.2, 0) is 6.54 Å². The molecule has 0 radical (unpaired) electrons. The summed E-state index contributed by atoms with van der Waals surface area (Å²) in [6.45, 7) is 4.78. The van der Waals surface area contributed by atoms with E-state index in [2.05, 4.69) is 18.2 Å². The number of benzene rings is 1. The second-order valence-electron chi connectivity index (χ2n) is 4.35. The van der Waals surface area contributed by atoms with E-state index in [1.54, 1.807) is 17.8 Å². The van der Waals surface area contributed by atoms with Crippen LogP contribution in [-0.4, -0.2) is 21.1 Å². The highest BCUT2D eigenvalue weighted by atomic mass is 35.5. The van der Waals surface area contributed by atoms with E-state index >= 15 is 0 Å². The van der Waals surface area contributed by atoms with Crippen LogP contribution >= 0.6 is 23.4 Å². The third kappa shape index (κ3) is 2.50. The highest BCUT2D eigenvalue weighted by molar-refractivity contribution is 7.99. The number of hydrogen-bond acceptors (Lipinski definition) is 2. The van der Waals surface area contributed by atoms with Crippen molar-refractivity contribution in [2.75, 3.05) is 6.26 Å². The van der Waals surface area contributed by atoms with Crippen molar-refractivity contribution < 1.29 is 4.39 Å². The normalized spacial score (nSPS) is 14.9. The van der Waals surface area contributed by atoms with Gasteiger partial charge in [-0.05, 0) is 25.3 Å². The lowest BCUT2D eigenvalue weighted by Gasteiger charge is -2.14. The Morgan fingerprint density at radius 2 is 2.17 bits per heavy atom. The molecule has 5 heteroatoms. The van der Waals surface area contributed by atoms with Crippen molar-refractivity contribution >= 4 is 34.4 Å². The summed E-state index contributed by atoms with van der Waals surface area (Å²) in [4.78, 5) is 4.35. The number of fused-ring (bicyclic) bond motifs is 1. The van der Waals surface area contributed by atoms with Gasteiger partial charge in [-0.15, -0.1) is 11.6 Å². The molecule has 0 aliphatic heterocycles. The molecule has 0 saturated heterocycles. The molecule has 1 aromatic heterocycles. The fourth-order valence-electron chi connectivity index (χ4n) is 1.96. The molecule has 0 N–H and O–H groups in total. The summed E-state index contributed by atoms with van der Waals surface area (Å²) >= 11 is 7.92. The van der Waals surface area contributed by atoms with Crippen molar-refractivity contribution in [2.45, 2.75) is 31.0 Å². The Morgan fingerprint density at radius 1 is 1.44 bits per heavy atom. The minimum Gasteiger partial charge on any atom is -0.326 e. The lowest BCUT2D eigenvalue weighted by Crippen LogP contribution is -2.12. The maximum Gasteiger partial charge on any atom is 0.151 e. The lowest BCUT2D eigenvalue weighted by atomic mass is 10.3. The Bertz CT molecular complexity index is 553. The summed E-state index contributed by atoms with van der Waals surface area (Å²) in [5, 5.41) is 0.200. The molecule has 1 heterocycles. The topological polar surface area (TPSA) is 17.8 Å². The predicted octanol–water partition coefficient (Wildman–Crippen LogP) is 4.23. The standard InChI is InChI=1S/C13H16ClFN2S/c1-8(18-3)7-17-11-6-4-5-10(15)12(11)16-13(17)9(2)14/h4-6,8-9H,7H2,1-3H3. The average Bonchev–Trinajstić information content (AvgIpc) is 2.70. The van der Waals surface area contributed by atoms with Crippen LogP contribution in [0.2, 0.25) is 0 Å². The Labute approximate surface area is 116 Å². The van der Waals surface area contributed by atoms with Gasteiger partial charge < -0.3 is 4.57 Å². The first-order valence-electron chi connectivity index (χ1n) is 5.86. The minimum atomic E-state index is -0.290. The van der Waals surface area contributed by atoms with Crippen LogP contribution in [0.15, 0.2) is 18.2 Å². The molecular formula is C13H16ClFN2S. The van der Waals surface area contributed by atoms with Crippen molar-refractivity contribution in [3.63, 3.8) is 0 Å². The molecular weight excluding hydrogens is 271 g/mol. The number of halogens is 2. The van der Waals surface area contributed by atoms with Crippen molar-refractivity contribution in [1.29, 1.82) is 0 Å². The summed E-state index contributed by atoms with van der Waals surface area (Å²) in [6, 6.07) is 5.03. The molecule has 0 amide bonds. The highest BCUT2D eigenvalue weighted by Crippen LogP contribution is 2.27. The van der Waals surface area contributed by atoms with E-state index in [1.807, 2.05) is 17.6 Å². The van der Waals surface area contributed by atoms with Crippen LogP contribution in [0.1, 0.15) is 25.0 Å². The number of para-hydroxylation sites is 1. The first-order valence-corrected chi connectivity index (χ1v) is 7.58.